The van der Waals surface area contributed by atoms with Gasteiger partial charge in [0, 0.05) is 23.2 Å². The normalized spacial score (nSPS) is 10.8. The molecule has 0 aliphatic heterocycles. The minimum atomic E-state index is -0.207. The third-order valence-electron chi connectivity index (χ3n) is 4.11. The Morgan fingerprint density at radius 2 is 2.12 bits per heavy atom. The number of amides is 1. The molecule has 1 N–H and O–H groups in total. The van der Waals surface area contributed by atoms with E-state index in [1.165, 1.54) is 0 Å². The summed E-state index contributed by atoms with van der Waals surface area (Å²) in [6.07, 6.45) is 1.85. The van der Waals surface area contributed by atoms with Crippen molar-refractivity contribution in [2.45, 2.75) is 6.54 Å². The predicted molar refractivity (Wildman–Crippen MR) is 103 cm³/mol. The number of carbonyl (C=O) groups is 1. The van der Waals surface area contributed by atoms with Gasteiger partial charge in [0.15, 0.2) is 0 Å². The summed E-state index contributed by atoms with van der Waals surface area (Å²) in [5, 5.41) is 9.39. The van der Waals surface area contributed by atoms with E-state index in [1.807, 2.05) is 66.2 Å². The van der Waals surface area contributed by atoms with E-state index in [4.69, 9.17) is 4.74 Å². The third-order valence-corrected chi connectivity index (χ3v) is 5.01. The Morgan fingerprint density at radius 1 is 1.19 bits per heavy atom. The predicted octanol–water partition coefficient (Wildman–Crippen LogP) is 4.00. The highest BCUT2D eigenvalue weighted by Gasteiger charge is 2.14. The van der Waals surface area contributed by atoms with Crippen molar-refractivity contribution in [3.05, 3.63) is 77.4 Å². The van der Waals surface area contributed by atoms with Gasteiger partial charge in [0.1, 0.15) is 11.4 Å². The van der Waals surface area contributed by atoms with Crippen molar-refractivity contribution in [1.82, 2.24) is 14.9 Å². The van der Waals surface area contributed by atoms with E-state index in [-0.39, 0.29) is 5.91 Å². The van der Waals surface area contributed by atoms with Crippen LogP contribution >= 0.6 is 11.3 Å². The number of thiophene rings is 1. The molecule has 0 spiro atoms. The number of methoxy groups -OCH3 is 1. The number of nitrogens with zero attached hydrogens (tertiary/aromatic N) is 2. The molecule has 4 aromatic rings. The van der Waals surface area contributed by atoms with Crippen molar-refractivity contribution in [2.24, 2.45) is 0 Å². The zero-order chi connectivity index (χ0) is 17.9. The molecule has 26 heavy (non-hydrogen) atoms. The van der Waals surface area contributed by atoms with Crippen molar-refractivity contribution in [3.8, 4) is 16.2 Å². The van der Waals surface area contributed by atoms with Crippen LogP contribution in [0.2, 0.25) is 0 Å². The Hall–Kier alpha value is -3.12. The number of fused-ring (bicyclic) bond motifs is 1. The van der Waals surface area contributed by atoms with Gasteiger partial charge < -0.3 is 10.1 Å². The highest BCUT2D eigenvalue weighted by atomic mass is 32.1. The molecule has 0 unspecified atom stereocenters. The smallest absolute Gasteiger partial charge is 0.272 e. The van der Waals surface area contributed by atoms with Crippen molar-refractivity contribution in [1.29, 1.82) is 0 Å². The molecule has 1 aromatic carbocycles. The number of aromatic nitrogens is 2. The highest BCUT2D eigenvalue weighted by Crippen LogP contribution is 2.29. The van der Waals surface area contributed by atoms with E-state index in [0.717, 1.165) is 27.3 Å². The lowest BCUT2D eigenvalue weighted by atomic mass is 10.1. The summed E-state index contributed by atoms with van der Waals surface area (Å²) in [7, 11) is 1.63. The molecule has 6 heteroatoms. The number of nitrogens with one attached hydrogen (secondary N) is 1. The van der Waals surface area contributed by atoms with Crippen molar-refractivity contribution >= 4 is 22.8 Å². The molecule has 0 aliphatic carbocycles. The van der Waals surface area contributed by atoms with Crippen LogP contribution in [0.25, 0.3) is 16.0 Å². The summed E-state index contributed by atoms with van der Waals surface area (Å²) >= 11 is 1.64. The lowest BCUT2D eigenvalue weighted by Gasteiger charge is -2.09. The molecular formula is C20H17N3O2S. The second-order valence-electron chi connectivity index (χ2n) is 5.79. The Balaban J connectivity index is 1.60. The summed E-state index contributed by atoms with van der Waals surface area (Å²) < 4.78 is 6.96. The van der Waals surface area contributed by atoms with Crippen molar-refractivity contribution < 1.29 is 9.53 Å². The SMILES string of the molecule is COc1cccc(CNC(=O)c2cc(-c3cccs3)c3cccn3n2)c1. The average molecular weight is 363 g/mol. The van der Waals surface area contributed by atoms with Gasteiger partial charge in [-0.05, 0) is 47.3 Å². The summed E-state index contributed by atoms with van der Waals surface area (Å²) in [6.45, 7) is 0.412. The number of rotatable bonds is 5. The molecule has 0 radical (unpaired) electrons. The Morgan fingerprint density at radius 3 is 2.92 bits per heavy atom. The molecule has 0 fully saturated rings. The van der Waals surface area contributed by atoms with Gasteiger partial charge in [-0.15, -0.1) is 11.3 Å². The molecular weight excluding hydrogens is 346 g/mol. The molecule has 1 amide bonds. The Labute approximate surface area is 154 Å². The molecule has 0 saturated carbocycles. The average Bonchev–Trinajstić information content (AvgIpc) is 3.37. The van der Waals surface area contributed by atoms with Gasteiger partial charge in [-0.3, -0.25) is 4.79 Å². The molecule has 3 heterocycles. The minimum Gasteiger partial charge on any atom is -0.497 e. The van der Waals surface area contributed by atoms with E-state index < -0.39 is 0 Å². The molecule has 0 atom stereocenters. The first kappa shape index (κ1) is 16.4. The summed E-state index contributed by atoms with van der Waals surface area (Å²) in [5.41, 5.74) is 3.35. The van der Waals surface area contributed by atoms with E-state index in [1.54, 1.807) is 23.0 Å². The third kappa shape index (κ3) is 3.19. The number of carbonyl (C=O) groups excluding carboxylic acids is 1. The van der Waals surface area contributed by atoms with Gasteiger partial charge in [-0.1, -0.05) is 18.2 Å². The van der Waals surface area contributed by atoms with Crippen molar-refractivity contribution in [3.63, 3.8) is 0 Å². The van der Waals surface area contributed by atoms with Crippen LogP contribution in [0.1, 0.15) is 16.1 Å². The zero-order valence-electron chi connectivity index (χ0n) is 14.2. The quantitative estimate of drug-likeness (QED) is 0.583. The van der Waals surface area contributed by atoms with E-state index in [2.05, 4.69) is 10.4 Å². The molecule has 3 aromatic heterocycles. The van der Waals surface area contributed by atoms with E-state index in [9.17, 15) is 4.79 Å². The first-order valence-electron chi connectivity index (χ1n) is 8.18. The van der Waals surface area contributed by atoms with Gasteiger partial charge in [-0.25, -0.2) is 4.52 Å². The monoisotopic (exact) mass is 363 g/mol. The first-order valence-corrected chi connectivity index (χ1v) is 9.06. The fourth-order valence-corrected chi connectivity index (χ4v) is 3.58. The molecule has 130 valence electrons. The number of ether oxygens (including phenoxy) is 1. The zero-order valence-corrected chi connectivity index (χ0v) is 15.0. The van der Waals surface area contributed by atoms with Crippen LogP contribution in [0.5, 0.6) is 5.75 Å². The molecule has 0 saturated heterocycles. The van der Waals surface area contributed by atoms with Gasteiger partial charge >= 0.3 is 0 Å². The van der Waals surface area contributed by atoms with Crippen LogP contribution < -0.4 is 10.1 Å². The van der Waals surface area contributed by atoms with Crippen LogP contribution in [0.15, 0.2) is 66.2 Å². The van der Waals surface area contributed by atoms with Crippen LogP contribution in [-0.2, 0) is 6.54 Å². The summed E-state index contributed by atoms with van der Waals surface area (Å²) in [4.78, 5) is 13.8. The fourth-order valence-electron chi connectivity index (χ4n) is 2.82. The van der Waals surface area contributed by atoms with E-state index >= 15 is 0 Å². The lowest BCUT2D eigenvalue weighted by Crippen LogP contribution is -2.24. The Bertz CT molecular complexity index is 1050. The van der Waals surface area contributed by atoms with Crippen molar-refractivity contribution in [2.75, 3.05) is 7.11 Å². The topological polar surface area (TPSA) is 55.6 Å². The second kappa shape index (κ2) is 7.01. The van der Waals surface area contributed by atoms with Gasteiger partial charge in [0.2, 0.25) is 0 Å². The first-order chi connectivity index (χ1) is 12.7. The van der Waals surface area contributed by atoms with Gasteiger partial charge in [-0.2, -0.15) is 5.10 Å². The summed E-state index contributed by atoms with van der Waals surface area (Å²) in [6, 6.07) is 17.5. The second-order valence-corrected chi connectivity index (χ2v) is 6.74. The molecule has 0 aliphatic rings. The maximum absolute atomic E-state index is 12.6. The maximum Gasteiger partial charge on any atom is 0.272 e. The Kier molecular flexibility index (Phi) is 4.41. The van der Waals surface area contributed by atoms with Crippen LogP contribution in [-0.4, -0.2) is 22.6 Å². The van der Waals surface area contributed by atoms with Crippen LogP contribution in [0.3, 0.4) is 0 Å². The van der Waals surface area contributed by atoms with Crippen LogP contribution in [0.4, 0.5) is 0 Å². The molecule has 0 bridgehead atoms. The molecule has 5 nitrogen and oxygen atoms in total. The fraction of sp³-hybridized carbons (Fsp3) is 0.100. The van der Waals surface area contributed by atoms with Gasteiger partial charge in [0.25, 0.3) is 5.91 Å². The van der Waals surface area contributed by atoms with Gasteiger partial charge in [0.05, 0.1) is 12.6 Å². The highest BCUT2D eigenvalue weighted by molar-refractivity contribution is 7.13. The minimum absolute atomic E-state index is 0.207. The van der Waals surface area contributed by atoms with E-state index in [0.29, 0.717) is 12.2 Å². The number of benzene rings is 1. The number of hydrogen-bond donors (Lipinski definition) is 1. The maximum atomic E-state index is 12.6. The van der Waals surface area contributed by atoms with Crippen LogP contribution in [0, 0.1) is 0 Å². The lowest BCUT2D eigenvalue weighted by molar-refractivity contribution is 0.0944. The molecule has 4 rings (SSSR count). The summed E-state index contributed by atoms with van der Waals surface area (Å²) in [5.74, 6) is 0.560. The standard InChI is InChI=1S/C20H17N3O2S/c1-25-15-6-2-5-14(11-15)13-21-20(24)17-12-16(19-8-4-10-26-19)18-7-3-9-23(18)22-17/h2-12H,13H2,1H3,(H,21,24). The number of hydrogen-bond acceptors (Lipinski definition) is 4. The largest absolute Gasteiger partial charge is 0.497 e.